The van der Waals surface area contributed by atoms with E-state index in [1.807, 2.05) is 0 Å². The number of rotatable bonds is 2. The Bertz CT molecular complexity index is 805. The lowest BCUT2D eigenvalue weighted by molar-refractivity contribution is 0.448. The number of benzene rings is 1. The van der Waals surface area contributed by atoms with Crippen LogP contribution in [0.2, 0.25) is 0 Å². The average molecular weight is 377 g/mol. The Morgan fingerprint density at radius 2 is 2.00 bits per heavy atom. The first-order valence-electron chi connectivity index (χ1n) is 6.90. The van der Waals surface area contributed by atoms with E-state index in [4.69, 9.17) is 0 Å². The van der Waals surface area contributed by atoms with Gasteiger partial charge in [-0.3, -0.25) is 0 Å². The lowest BCUT2D eigenvalue weighted by Crippen LogP contribution is -1.99. The van der Waals surface area contributed by atoms with E-state index in [-0.39, 0.29) is 11.5 Å². The molecule has 0 saturated heterocycles. The van der Waals surface area contributed by atoms with Crippen molar-refractivity contribution in [2.75, 3.05) is 0 Å². The van der Waals surface area contributed by atoms with Gasteiger partial charge in [0.15, 0.2) is 0 Å². The van der Waals surface area contributed by atoms with Crippen molar-refractivity contribution in [3.8, 4) is 17.6 Å². The number of hydrogen-bond donors (Lipinski definition) is 2. The number of aryl methyl sites for hydroxylation is 1. The molecule has 112 valence electrons. The molecule has 1 heterocycles. The van der Waals surface area contributed by atoms with Crippen LogP contribution in [0.4, 0.5) is 5.00 Å². The van der Waals surface area contributed by atoms with Gasteiger partial charge in [-0.2, -0.15) is 5.26 Å². The summed E-state index contributed by atoms with van der Waals surface area (Å²) >= 11 is 4.76. The quantitative estimate of drug-likeness (QED) is 0.761. The SMILES string of the molecule is N#Cc1c(/N=C/c2cc(Br)c(O)cc2O)sc2c1CCCC2. The number of aromatic hydroxyl groups is 2. The van der Waals surface area contributed by atoms with Gasteiger partial charge in [0.2, 0.25) is 0 Å². The summed E-state index contributed by atoms with van der Waals surface area (Å²) in [5.41, 5.74) is 2.29. The Kier molecular flexibility index (Phi) is 4.19. The molecule has 1 aliphatic rings. The van der Waals surface area contributed by atoms with Crippen molar-refractivity contribution >= 4 is 38.5 Å². The minimum absolute atomic E-state index is 0.0287. The second-order valence-electron chi connectivity index (χ2n) is 5.12. The lowest BCUT2D eigenvalue weighted by atomic mass is 9.96. The molecule has 4 nitrogen and oxygen atoms in total. The predicted octanol–water partition coefficient (Wildman–Crippen LogP) is 4.42. The lowest BCUT2D eigenvalue weighted by Gasteiger charge is -2.09. The molecule has 0 aliphatic heterocycles. The summed E-state index contributed by atoms with van der Waals surface area (Å²) in [6, 6.07) is 5.11. The number of nitrogens with zero attached hydrogens (tertiary/aromatic N) is 2. The van der Waals surface area contributed by atoms with E-state index < -0.39 is 0 Å². The van der Waals surface area contributed by atoms with Crippen molar-refractivity contribution in [1.29, 1.82) is 5.26 Å². The zero-order valence-corrected chi connectivity index (χ0v) is 14.0. The minimum Gasteiger partial charge on any atom is -0.507 e. The minimum atomic E-state index is -0.0516. The summed E-state index contributed by atoms with van der Waals surface area (Å²) in [5, 5.41) is 29.4. The Morgan fingerprint density at radius 1 is 1.23 bits per heavy atom. The van der Waals surface area contributed by atoms with Crippen LogP contribution in [0, 0.1) is 11.3 Å². The zero-order valence-electron chi connectivity index (χ0n) is 11.6. The first kappa shape index (κ1) is 15.1. The molecule has 1 aromatic heterocycles. The number of hydrogen-bond acceptors (Lipinski definition) is 5. The summed E-state index contributed by atoms with van der Waals surface area (Å²) in [7, 11) is 0. The molecule has 2 N–H and O–H groups in total. The number of thiophene rings is 1. The molecule has 0 fully saturated rings. The Morgan fingerprint density at radius 3 is 2.77 bits per heavy atom. The highest BCUT2D eigenvalue weighted by Gasteiger charge is 2.20. The summed E-state index contributed by atoms with van der Waals surface area (Å²) in [6.07, 6.45) is 5.76. The van der Waals surface area contributed by atoms with Gasteiger partial charge in [0.25, 0.3) is 0 Å². The first-order valence-corrected chi connectivity index (χ1v) is 8.51. The van der Waals surface area contributed by atoms with Gasteiger partial charge in [-0.15, -0.1) is 11.3 Å². The van der Waals surface area contributed by atoms with Crippen LogP contribution >= 0.6 is 27.3 Å². The van der Waals surface area contributed by atoms with Gasteiger partial charge in [-0.25, -0.2) is 4.99 Å². The molecule has 0 unspecified atom stereocenters. The number of fused-ring (bicyclic) bond motifs is 1. The standard InChI is InChI=1S/C16H13BrN2O2S/c17-12-5-9(13(20)6-14(12)21)8-19-16-11(7-18)10-3-1-2-4-15(10)22-16/h5-6,8,20-21H,1-4H2/b19-8+. The van der Waals surface area contributed by atoms with E-state index in [0.717, 1.165) is 31.2 Å². The molecule has 1 aromatic carbocycles. The number of aliphatic imine (C=N–C) groups is 1. The maximum atomic E-state index is 9.85. The summed E-state index contributed by atoms with van der Waals surface area (Å²) < 4.78 is 0.484. The molecule has 1 aliphatic carbocycles. The first-order chi connectivity index (χ1) is 10.6. The van der Waals surface area contributed by atoms with Crippen molar-refractivity contribution in [2.24, 2.45) is 4.99 Å². The second-order valence-corrected chi connectivity index (χ2v) is 7.06. The van der Waals surface area contributed by atoms with Crippen molar-refractivity contribution in [2.45, 2.75) is 25.7 Å². The number of halogens is 1. The number of nitriles is 1. The monoisotopic (exact) mass is 376 g/mol. The van der Waals surface area contributed by atoms with E-state index in [1.54, 1.807) is 17.4 Å². The largest absolute Gasteiger partial charge is 0.507 e. The topological polar surface area (TPSA) is 76.6 Å². The highest BCUT2D eigenvalue weighted by Crippen LogP contribution is 2.39. The van der Waals surface area contributed by atoms with Crippen molar-refractivity contribution < 1.29 is 10.2 Å². The van der Waals surface area contributed by atoms with Crippen molar-refractivity contribution in [3.05, 3.63) is 38.2 Å². The zero-order chi connectivity index (χ0) is 15.7. The molecule has 3 rings (SSSR count). The van der Waals surface area contributed by atoms with E-state index in [9.17, 15) is 15.5 Å². The van der Waals surface area contributed by atoms with Crippen molar-refractivity contribution in [1.82, 2.24) is 0 Å². The van der Waals surface area contributed by atoms with Crippen LogP contribution in [0.5, 0.6) is 11.5 Å². The van der Waals surface area contributed by atoms with Gasteiger partial charge in [0.1, 0.15) is 22.6 Å². The number of phenols is 2. The summed E-state index contributed by atoms with van der Waals surface area (Å²) in [6.45, 7) is 0. The molecule has 22 heavy (non-hydrogen) atoms. The fourth-order valence-electron chi connectivity index (χ4n) is 2.56. The van der Waals surface area contributed by atoms with Crippen molar-refractivity contribution in [3.63, 3.8) is 0 Å². The predicted molar refractivity (Wildman–Crippen MR) is 90.4 cm³/mol. The van der Waals surface area contributed by atoms with Crippen LogP contribution in [0.1, 0.15) is 34.4 Å². The fraction of sp³-hybridized carbons (Fsp3) is 0.250. The highest BCUT2D eigenvalue weighted by atomic mass is 79.9. The van der Waals surface area contributed by atoms with Gasteiger partial charge < -0.3 is 10.2 Å². The molecular weight excluding hydrogens is 364 g/mol. The molecule has 0 saturated carbocycles. The van der Waals surface area contributed by atoms with E-state index in [2.05, 4.69) is 27.0 Å². The van der Waals surface area contributed by atoms with Gasteiger partial charge >= 0.3 is 0 Å². The third-order valence-corrected chi connectivity index (χ3v) is 5.52. The molecule has 2 aromatic rings. The number of phenolic OH excluding ortho intramolecular Hbond substituents is 2. The summed E-state index contributed by atoms with van der Waals surface area (Å²) in [5.74, 6) is -0.0803. The third kappa shape index (κ3) is 2.74. The normalized spacial score (nSPS) is 14.0. The summed E-state index contributed by atoms with van der Waals surface area (Å²) in [4.78, 5) is 5.65. The smallest absolute Gasteiger partial charge is 0.134 e. The molecule has 0 spiro atoms. The molecule has 0 radical (unpaired) electrons. The molecular formula is C16H13BrN2O2S. The van der Waals surface area contributed by atoms with E-state index in [0.29, 0.717) is 20.6 Å². The van der Waals surface area contributed by atoms with Gasteiger partial charge in [0.05, 0.1) is 10.0 Å². The van der Waals surface area contributed by atoms with Crippen LogP contribution in [0.3, 0.4) is 0 Å². The molecule has 6 heteroatoms. The average Bonchev–Trinajstić information content (AvgIpc) is 2.87. The van der Waals surface area contributed by atoms with E-state index in [1.165, 1.54) is 17.2 Å². The highest BCUT2D eigenvalue weighted by molar-refractivity contribution is 9.10. The van der Waals surface area contributed by atoms with Gasteiger partial charge in [0, 0.05) is 22.7 Å². The van der Waals surface area contributed by atoms with Crippen LogP contribution in [0.15, 0.2) is 21.6 Å². The van der Waals surface area contributed by atoms with Crippen LogP contribution in [0.25, 0.3) is 0 Å². The third-order valence-electron chi connectivity index (χ3n) is 3.68. The Balaban J connectivity index is 1.98. The van der Waals surface area contributed by atoms with E-state index >= 15 is 0 Å². The van der Waals surface area contributed by atoms with Gasteiger partial charge in [-0.05, 0) is 53.2 Å². The Labute approximate surface area is 140 Å². The second kappa shape index (κ2) is 6.11. The molecule has 0 amide bonds. The van der Waals surface area contributed by atoms with Crippen LogP contribution in [-0.2, 0) is 12.8 Å². The fourth-order valence-corrected chi connectivity index (χ4v) is 4.10. The van der Waals surface area contributed by atoms with Crippen LogP contribution < -0.4 is 0 Å². The molecule has 0 atom stereocenters. The molecule has 0 bridgehead atoms. The maximum Gasteiger partial charge on any atom is 0.134 e. The van der Waals surface area contributed by atoms with Gasteiger partial charge in [-0.1, -0.05) is 0 Å². The Hall–Kier alpha value is -1.84. The van der Waals surface area contributed by atoms with Crippen LogP contribution in [-0.4, -0.2) is 16.4 Å². The maximum absolute atomic E-state index is 9.85.